The standard InChI is InChI=1S/C45H28S/c1-2-15-31(16-3-1)45(39-23-10-7-20-37(39)43-32-17-5-4-13-29(32)26-28-40(43)45)38-22-9-6-18-33(38)36-27-25-30-14-12-21-35-34-19-8-11-24-41(34)46-44(36)42(30)35/h1-28H. The van der Waals surface area contributed by atoms with E-state index in [9.17, 15) is 0 Å². The molecule has 0 spiro atoms. The van der Waals surface area contributed by atoms with Gasteiger partial charge in [0.15, 0.2) is 0 Å². The molecule has 0 N–H and O–H groups in total. The third kappa shape index (κ3) is 3.41. The highest BCUT2D eigenvalue weighted by Gasteiger charge is 2.47. The highest BCUT2D eigenvalue weighted by atomic mass is 32.2. The number of fused-ring (bicyclic) bond motifs is 7. The maximum absolute atomic E-state index is 2.40. The van der Waals surface area contributed by atoms with Crippen LogP contribution in [0, 0.1) is 0 Å². The first kappa shape index (κ1) is 25.9. The summed E-state index contributed by atoms with van der Waals surface area (Å²) in [6.45, 7) is 0. The van der Waals surface area contributed by atoms with E-state index >= 15 is 0 Å². The van der Waals surface area contributed by atoms with Gasteiger partial charge < -0.3 is 0 Å². The summed E-state index contributed by atoms with van der Waals surface area (Å²) >= 11 is 1.92. The molecule has 1 aliphatic heterocycles. The van der Waals surface area contributed by atoms with E-state index in [4.69, 9.17) is 0 Å². The van der Waals surface area contributed by atoms with Gasteiger partial charge in [0.25, 0.3) is 0 Å². The molecule has 2 aliphatic rings. The van der Waals surface area contributed by atoms with Gasteiger partial charge in [-0.25, -0.2) is 0 Å². The Labute approximate surface area is 273 Å². The van der Waals surface area contributed by atoms with Crippen LogP contribution in [-0.2, 0) is 5.41 Å². The van der Waals surface area contributed by atoms with Gasteiger partial charge in [-0.15, -0.1) is 0 Å². The molecule has 0 fully saturated rings. The molecule has 10 rings (SSSR count). The van der Waals surface area contributed by atoms with Crippen molar-refractivity contribution in [2.75, 3.05) is 0 Å². The third-order valence-corrected chi connectivity index (χ3v) is 11.4. The predicted molar refractivity (Wildman–Crippen MR) is 194 cm³/mol. The van der Waals surface area contributed by atoms with Crippen LogP contribution in [0.4, 0.5) is 0 Å². The molecule has 0 saturated carbocycles. The van der Waals surface area contributed by atoms with Gasteiger partial charge in [0.2, 0.25) is 0 Å². The highest BCUT2D eigenvalue weighted by Crippen LogP contribution is 2.60. The fraction of sp³-hybridized carbons (Fsp3) is 0.0222. The minimum atomic E-state index is -0.494. The number of rotatable bonds is 3. The summed E-state index contributed by atoms with van der Waals surface area (Å²) in [4.78, 5) is 2.65. The Bertz CT molecular complexity index is 2510. The van der Waals surface area contributed by atoms with Crippen LogP contribution in [0.15, 0.2) is 180 Å². The zero-order valence-electron chi connectivity index (χ0n) is 25.1. The van der Waals surface area contributed by atoms with E-state index < -0.39 is 5.41 Å². The van der Waals surface area contributed by atoms with E-state index in [-0.39, 0.29) is 0 Å². The van der Waals surface area contributed by atoms with Gasteiger partial charge in [0.1, 0.15) is 0 Å². The van der Waals surface area contributed by atoms with Crippen molar-refractivity contribution in [3.8, 4) is 33.4 Å². The fourth-order valence-electron chi connectivity index (χ4n) is 8.31. The van der Waals surface area contributed by atoms with Gasteiger partial charge in [0, 0.05) is 15.2 Å². The Morgan fingerprint density at radius 1 is 0.370 bits per heavy atom. The Morgan fingerprint density at radius 3 is 1.87 bits per heavy atom. The first-order valence-corrected chi connectivity index (χ1v) is 16.8. The molecule has 0 radical (unpaired) electrons. The third-order valence-electron chi connectivity index (χ3n) is 10.1. The molecule has 0 bridgehead atoms. The van der Waals surface area contributed by atoms with Crippen molar-refractivity contribution < 1.29 is 0 Å². The average molecular weight is 601 g/mol. The van der Waals surface area contributed by atoms with Crippen molar-refractivity contribution >= 4 is 33.3 Å². The summed E-state index contributed by atoms with van der Waals surface area (Å²) in [7, 11) is 0. The lowest BCUT2D eigenvalue weighted by Crippen LogP contribution is -2.29. The van der Waals surface area contributed by atoms with E-state index in [0.717, 1.165) is 0 Å². The monoisotopic (exact) mass is 600 g/mol. The molecule has 1 heteroatoms. The van der Waals surface area contributed by atoms with Crippen LogP contribution >= 0.6 is 11.8 Å². The topological polar surface area (TPSA) is 0 Å². The summed E-state index contributed by atoms with van der Waals surface area (Å²) in [5.74, 6) is 0. The Morgan fingerprint density at radius 2 is 1.00 bits per heavy atom. The lowest BCUT2D eigenvalue weighted by Gasteiger charge is -2.36. The quantitative estimate of drug-likeness (QED) is 0.194. The van der Waals surface area contributed by atoms with E-state index in [2.05, 4.69) is 170 Å². The number of hydrogen-bond donors (Lipinski definition) is 0. The molecule has 0 aromatic heterocycles. The van der Waals surface area contributed by atoms with E-state index in [0.29, 0.717) is 0 Å². The smallest absolute Gasteiger partial charge is 0.0719 e. The van der Waals surface area contributed by atoms with Gasteiger partial charge in [-0.3, -0.25) is 0 Å². The summed E-state index contributed by atoms with van der Waals surface area (Å²) in [6, 6.07) is 63.3. The summed E-state index contributed by atoms with van der Waals surface area (Å²) < 4.78 is 0. The molecule has 214 valence electrons. The first-order chi connectivity index (χ1) is 22.8. The molecule has 8 aromatic carbocycles. The Hall–Kier alpha value is -5.37. The van der Waals surface area contributed by atoms with Gasteiger partial charge >= 0.3 is 0 Å². The largest absolute Gasteiger partial charge is 0.0881 e. The summed E-state index contributed by atoms with van der Waals surface area (Å²) in [5, 5.41) is 5.22. The molecule has 1 unspecified atom stereocenters. The van der Waals surface area contributed by atoms with Gasteiger partial charge in [0.05, 0.1) is 5.41 Å². The van der Waals surface area contributed by atoms with Gasteiger partial charge in [-0.1, -0.05) is 176 Å². The molecule has 0 saturated heterocycles. The van der Waals surface area contributed by atoms with Crippen molar-refractivity contribution in [2.45, 2.75) is 15.2 Å². The zero-order chi connectivity index (χ0) is 30.2. The predicted octanol–water partition coefficient (Wildman–Crippen LogP) is 12.2. The molecule has 46 heavy (non-hydrogen) atoms. The average Bonchev–Trinajstić information content (AvgIpc) is 3.44. The second kappa shape index (κ2) is 9.81. The SMILES string of the molecule is c1ccc(C2(c3ccccc3-c3ccc4cccc5c4c3Sc3ccccc3-5)c3ccccc3-c3c2ccc2ccccc32)cc1. The molecule has 0 amide bonds. The van der Waals surface area contributed by atoms with Gasteiger partial charge in [-0.2, -0.15) is 0 Å². The zero-order valence-corrected chi connectivity index (χ0v) is 25.9. The second-order valence-electron chi connectivity index (χ2n) is 12.4. The van der Waals surface area contributed by atoms with Crippen LogP contribution in [0.2, 0.25) is 0 Å². The molecule has 1 heterocycles. The first-order valence-electron chi connectivity index (χ1n) is 15.9. The fourth-order valence-corrected chi connectivity index (χ4v) is 9.59. The lowest BCUT2D eigenvalue weighted by molar-refractivity contribution is 0.771. The van der Waals surface area contributed by atoms with Crippen molar-refractivity contribution in [3.05, 3.63) is 192 Å². The van der Waals surface area contributed by atoms with Crippen molar-refractivity contribution in [1.29, 1.82) is 0 Å². The molecular formula is C45H28S. The van der Waals surface area contributed by atoms with E-state index in [1.54, 1.807) is 0 Å². The van der Waals surface area contributed by atoms with Crippen molar-refractivity contribution in [1.82, 2.24) is 0 Å². The number of hydrogen-bond acceptors (Lipinski definition) is 1. The van der Waals surface area contributed by atoms with Crippen LogP contribution in [0.3, 0.4) is 0 Å². The Balaban J connectivity index is 1.35. The van der Waals surface area contributed by atoms with Crippen molar-refractivity contribution in [3.63, 3.8) is 0 Å². The Kier molecular flexibility index (Phi) is 5.53. The summed E-state index contributed by atoms with van der Waals surface area (Å²) in [5.41, 5.74) is 12.7. The van der Waals surface area contributed by atoms with E-state index in [1.165, 1.54) is 87.0 Å². The van der Waals surface area contributed by atoms with Crippen LogP contribution in [0.1, 0.15) is 22.3 Å². The van der Waals surface area contributed by atoms with Crippen LogP contribution < -0.4 is 0 Å². The van der Waals surface area contributed by atoms with Crippen LogP contribution in [0.25, 0.3) is 54.9 Å². The minimum absolute atomic E-state index is 0.494. The normalized spacial score (nSPS) is 15.8. The minimum Gasteiger partial charge on any atom is -0.0881 e. The maximum atomic E-state index is 2.40. The van der Waals surface area contributed by atoms with Crippen LogP contribution in [0.5, 0.6) is 0 Å². The molecule has 1 aliphatic carbocycles. The van der Waals surface area contributed by atoms with Crippen molar-refractivity contribution in [2.24, 2.45) is 0 Å². The molecule has 1 atom stereocenters. The highest BCUT2D eigenvalue weighted by molar-refractivity contribution is 8.00. The maximum Gasteiger partial charge on any atom is 0.0719 e. The summed E-state index contributed by atoms with van der Waals surface area (Å²) in [6.07, 6.45) is 0. The van der Waals surface area contributed by atoms with Crippen LogP contribution in [-0.4, -0.2) is 0 Å². The molecule has 8 aromatic rings. The molecule has 0 nitrogen and oxygen atoms in total. The molecular weight excluding hydrogens is 573 g/mol. The second-order valence-corrected chi connectivity index (χ2v) is 13.4. The van der Waals surface area contributed by atoms with E-state index in [1.807, 2.05) is 11.8 Å². The lowest BCUT2D eigenvalue weighted by atomic mass is 9.65. The number of benzene rings is 8. The van der Waals surface area contributed by atoms with Gasteiger partial charge in [-0.05, 0) is 77.9 Å².